The third kappa shape index (κ3) is 4.69. The van der Waals surface area contributed by atoms with E-state index in [-0.39, 0.29) is 0 Å². The molecule has 0 unspecified atom stereocenters. The number of phenolic OH excluding ortho intramolecular Hbond substituents is 1. The van der Waals surface area contributed by atoms with Crippen LogP contribution in [0.5, 0.6) is 5.75 Å². The highest BCUT2D eigenvalue weighted by atomic mass is 16.3. The summed E-state index contributed by atoms with van der Waals surface area (Å²) < 4.78 is 0. The van der Waals surface area contributed by atoms with E-state index >= 15 is 0 Å². The maximum absolute atomic E-state index is 9.68. The van der Waals surface area contributed by atoms with Gasteiger partial charge in [-0.2, -0.15) is 0 Å². The van der Waals surface area contributed by atoms with Crippen LogP contribution in [0.25, 0.3) is 0 Å². The second kappa shape index (κ2) is 7.32. The summed E-state index contributed by atoms with van der Waals surface area (Å²) in [7, 11) is 0. The van der Waals surface area contributed by atoms with E-state index in [1.807, 2.05) is 12.1 Å². The SMILES string of the molecule is CCCCCCCCc1cc(C)ccc1O. The van der Waals surface area contributed by atoms with E-state index < -0.39 is 0 Å². The minimum absolute atomic E-state index is 0.458. The summed E-state index contributed by atoms with van der Waals surface area (Å²) in [6.45, 7) is 4.31. The van der Waals surface area contributed by atoms with E-state index in [2.05, 4.69) is 19.9 Å². The van der Waals surface area contributed by atoms with Crippen molar-refractivity contribution in [1.82, 2.24) is 0 Å². The molecule has 0 fully saturated rings. The Morgan fingerprint density at radius 2 is 1.69 bits per heavy atom. The van der Waals surface area contributed by atoms with Crippen molar-refractivity contribution in [2.24, 2.45) is 0 Å². The molecular weight excluding hydrogens is 196 g/mol. The predicted molar refractivity (Wildman–Crippen MR) is 69.9 cm³/mol. The van der Waals surface area contributed by atoms with Crippen LogP contribution in [0, 0.1) is 6.92 Å². The Balaban J connectivity index is 2.23. The Morgan fingerprint density at radius 3 is 2.44 bits per heavy atom. The van der Waals surface area contributed by atoms with Crippen molar-refractivity contribution in [2.75, 3.05) is 0 Å². The van der Waals surface area contributed by atoms with Gasteiger partial charge in [0.1, 0.15) is 5.75 Å². The second-order valence-electron chi connectivity index (χ2n) is 4.65. The van der Waals surface area contributed by atoms with Crippen molar-refractivity contribution in [1.29, 1.82) is 0 Å². The molecule has 90 valence electrons. The molecule has 1 N–H and O–H groups in total. The fourth-order valence-corrected chi connectivity index (χ4v) is 2.01. The summed E-state index contributed by atoms with van der Waals surface area (Å²) in [4.78, 5) is 0. The smallest absolute Gasteiger partial charge is 0.118 e. The molecule has 0 saturated heterocycles. The van der Waals surface area contributed by atoms with Gasteiger partial charge in [-0.1, -0.05) is 56.7 Å². The number of aryl methyl sites for hydroxylation is 2. The van der Waals surface area contributed by atoms with Crippen LogP contribution in [0.15, 0.2) is 18.2 Å². The van der Waals surface area contributed by atoms with E-state index in [0.717, 1.165) is 12.0 Å². The predicted octanol–water partition coefficient (Wildman–Crippen LogP) is 4.60. The highest BCUT2D eigenvalue weighted by Gasteiger charge is 2.00. The molecule has 1 aromatic rings. The van der Waals surface area contributed by atoms with Gasteiger partial charge in [-0.25, -0.2) is 0 Å². The number of hydrogen-bond acceptors (Lipinski definition) is 1. The zero-order chi connectivity index (χ0) is 11.8. The monoisotopic (exact) mass is 220 g/mol. The highest BCUT2D eigenvalue weighted by Crippen LogP contribution is 2.20. The number of hydrogen-bond donors (Lipinski definition) is 1. The Bertz CT molecular complexity index is 304. The van der Waals surface area contributed by atoms with Crippen molar-refractivity contribution in [3.05, 3.63) is 29.3 Å². The standard InChI is InChI=1S/C15H24O/c1-3-4-5-6-7-8-9-14-12-13(2)10-11-15(14)16/h10-12,16H,3-9H2,1-2H3. The molecule has 0 spiro atoms. The summed E-state index contributed by atoms with van der Waals surface area (Å²) >= 11 is 0. The molecule has 1 heteroatoms. The third-order valence-electron chi connectivity index (χ3n) is 3.03. The fraction of sp³-hybridized carbons (Fsp3) is 0.600. The van der Waals surface area contributed by atoms with E-state index in [9.17, 15) is 5.11 Å². The first-order chi connectivity index (χ1) is 7.74. The normalized spacial score (nSPS) is 10.6. The van der Waals surface area contributed by atoms with E-state index in [0.29, 0.717) is 5.75 Å². The minimum atomic E-state index is 0.458. The van der Waals surface area contributed by atoms with Crippen molar-refractivity contribution >= 4 is 0 Å². The maximum Gasteiger partial charge on any atom is 0.118 e. The molecule has 0 bridgehead atoms. The van der Waals surface area contributed by atoms with Crippen molar-refractivity contribution in [2.45, 2.75) is 58.8 Å². The quantitative estimate of drug-likeness (QED) is 0.666. The van der Waals surface area contributed by atoms with Gasteiger partial charge in [-0.15, -0.1) is 0 Å². The van der Waals surface area contributed by atoms with Gasteiger partial charge < -0.3 is 5.11 Å². The molecule has 16 heavy (non-hydrogen) atoms. The van der Waals surface area contributed by atoms with Crippen LogP contribution in [0.3, 0.4) is 0 Å². The maximum atomic E-state index is 9.68. The lowest BCUT2D eigenvalue weighted by Gasteiger charge is -2.05. The highest BCUT2D eigenvalue weighted by molar-refractivity contribution is 5.35. The van der Waals surface area contributed by atoms with E-state index in [1.165, 1.54) is 44.1 Å². The summed E-state index contributed by atoms with van der Waals surface area (Å²) in [6.07, 6.45) is 8.85. The molecule has 0 saturated carbocycles. The summed E-state index contributed by atoms with van der Waals surface area (Å²) in [5.41, 5.74) is 2.34. The molecule has 0 aromatic heterocycles. The van der Waals surface area contributed by atoms with Crippen LogP contribution >= 0.6 is 0 Å². The Hall–Kier alpha value is -0.980. The zero-order valence-electron chi connectivity index (χ0n) is 10.6. The summed E-state index contributed by atoms with van der Waals surface area (Å²) in [5.74, 6) is 0.458. The Labute approximate surface area is 99.5 Å². The van der Waals surface area contributed by atoms with E-state index in [4.69, 9.17) is 0 Å². The molecular formula is C15H24O. The first kappa shape index (κ1) is 13.1. The van der Waals surface area contributed by atoms with Gasteiger partial charge in [0.25, 0.3) is 0 Å². The molecule has 0 radical (unpaired) electrons. The van der Waals surface area contributed by atoms with Gasteiger partial charge in [-0.05, 0) is 31.4 Å². The van der Waals surface area contributed by atoms with Crippen LogP contribution in [-0.4, -0.2) is 5.11 Å². The molecule has 0 heterocycles. The van der Waals surface area contributed by atoms with Crippen molar-refractivity contribution in [3.8, 4) is 5.75 Å². The molecule has 0 aliphatic carbocycles. The van der Waals surface area contributed by atoms with Gasteiger partial charge in [0.2, 0.25) is 0 Å². The minimum Gasteiger partial charge on any atom is -0.508 e. The zero-order valence-corrected chi connectivity index (χ0v) is 10.6. The summed E-state index contributed by atoms with van der Waals surface area (Å²) in [5, 5.41) is 9.68. The number of benzene rings is 1. The van der Waals surface area contributed by atoms with Crippen LogP contribution in [0.2, 0.25) is 0 Å². The fourth-order valence-electron chi connectivity index (χ4n) is 2.01. The topological polar surface area (TPSA) is 20.2 Å². The van der Waals surface area contributed by atoms with Crippen LogP contribution in [-0.2, 0) is 6.42 Å². The molecule has 1 aromatic carbocycles. The lowest BCUT2D eigenvalue weighted by atomic mass is 10.0. The van der Waals surface area contributed by atoms with Gasteiger partial charge in [0.15, 0.2) is 0 Å². The Morgan fingerprint density at radius 1 is 1.00 bits per heavy atom. The third-order valence-corrected chi connectivity index (χ3v) is 3.03. The largest absolute Gasteiger partial charge is 0.508 e. The average molecular weight is 220 g/mol. The van der Waals surface area contributed by atoms with E-state index in [1.54, 1.807) is 0 Å². The van der Waals surface area contributed by atoms with Gasteiger partial charge in [0.05, 0.1) is 0 Å². The molecule has 0 aliphatic rings. The number of rotatable bonds is 7. The molecule has 0 aliphatic heterocycles. The second-order valence-corrected chi connectivity index (χ2v) is 4.65. The molecule has 1 rings (SSSR count). The van der Waals surface area contributed by atoms with Crippen LogP contribution < -0.4 is 0 Å². The lowest BCUT2D eigenvalue weighted by Crippen LogP contribution is -1.88. The average Bonchev–Trinajstić information content (AvgIpc) is 2.28. The van der Waals surface area contributed by atoms with Crippen molar-refractivity contribution < 1.29 is 5.11 Å². The molecule has 1 nitrogen and oxygen atoms in total. The van der Waals surface area contributed by atoms with Crippen molar-refractivity contribution in [3.63, 3.8) is 0 Å². The van der Waals surface area contributed by atoms with Crippen LogP contribution in [0.4, 0.5) is 0 Å². The Kier molecular flexibility index (Phi) is 5.99. The first-order valence-corrected chi connectivity index (χ1v) is 6.52. The lowest BCUT2D eigenvalue weighted by molar-refractivity contribution is 0.465. The number of aromatic hydroxyl groups is 1. The molecule has 0 atom stereocenters. The van der Waals surface area contributed by atoms with Crippen LogP contribution in [0.1, 0.15) is 56.6 Å². The first-order valence-electron chi connectivity index (χ1n) is 6.52. The van der Waals surface area contributed by atoms with Gasteiger partial charge >= 0.3 is 0 Å². The number of unbranched alkanes of at least 4 members (excludes halogenated alkanes) is 5. The van der Waals surface area contributed by atoms with Gasteiger partial charge in [-0.3, -0.25) is 0 Å². The summed E-state index contributed by atoms with van der Waals surface area (Å²) in [6, 6.07) is 5.86. The van der Waals surface area contributed by atoms with Gasteiger partial charge in [0, 0.05) is 0 Å². The number of phenols is 1. The molecule has 0 amide bonds.